The Balaban J connectivity index is 1.83. The molecule has 4 N–H and O–H groups in total. The van der Waals surface area contributed by atoms with Crippen molar-refractivity contribution in [2.75, 3.05) is 24.6 Å². The lowest BCUT2D eigenvalue weighted by atomic mass is 10.0. The second-order valence-electron chi connectivity index (χ2n) is 8.70. The number of pyridine rings is 1. The number of aliphatic hydroxyl groups excluding tert-OH is 2. The molecule has 0 saturated heterocycles. The molecule has 194 valence electrons. The topological polar surface area (TPSA) is 148 Å². The first kappa shape index (κ1) is 27.1. The summed E-state index contributed by atoms with van der Waals surface area (Å²) in [5, 5.41) is 23.9. The van der Waals surface area contributed by atoms with Gasteiger partial charge in [0.05, 0.1) is 6.10 Å². The van der Waals surface area contributed by atoms with Gasteiger partial charge in [0, 0.05) is 36.3 Å². The molecular formula is C26H35N5O5. The minimum atomic E-state index is -1.42. The molecule has 1 amide bonds. The highest BCUT2D eigenvalue weighted by molar-refractivity contribution is 5.78. The van der Waals surface area contributed by atoms with Gasteiger partial charge in [0.15, 0.2) is 0 Å². The molecule has 3 aromatic rings. The molecule has 2 heterocycles. The summed E-state index contributed by atoms with van der Waals surface area (Å²) in [5.74, 6) is 1.49. The van der Waals surface area contributed by atoms with Crippen LogP contribution in [0.25, 0.3) is 22.8 Å². The molecule has 0 saturated carbocycles. The van der Waals surface area contributed by atoms with Crippen LogP contribution < -0.4 is 15.4 Å². The third-order valence-electron chi connectivity index (χ3n) is 5.93. The fourth-order valence-electron chi connectivity index (χ4n) is 4.01. The average molecular weight is 498 g/mol. The molecule has 0 aliphatic rings. The number of aryl methyl sites for hydroxylation is 3. The summed E-state index contributed by atoms with van der Waals surface area (Å²) >= 11 is 0. The molecule has 0 aliphatic heterocycles. The van der Waals surface area contributed by atoms with E-state index in [-0.39, 0.29) is 13.0 Å². The van der Waals surface area contributed by atoms with Crippen LogP contribution in [-0.4, -0.2) is 63.1 Å². The summed E-state index contributed by atoms with van der Waals surface area (Å²) in [4.78, 5) is 22.4. The molecule has 10 heteroatoms. The number of anilines is 1. The number of hydrogen-bond donors (Lipinski definition) is 3. The number of ether oxygens (including phenoxy) is 1. The number of aromatic nitrogens is 3. The number of rotatable bonds is 12. The number of nitrogens with zero attached hydrogens (tertiary/aromatic N) is 4. The summed E-state index contributed by atoms with van der Waals surface area (Å²) in [5.41, 5.74) is 9.24. The van der Waals surface area contributed by atoms with Crippen LogP contribution in [0.3, 0.4) is 0 Å². The van der Waals surface area contributed by atoms with Crippen LogP contribution in [0.4, 0.5) is 5.82 Å². The largest absolute Gasteiger partial charge is 0.490 e. The SMILES string of the molecule is CCc1cc(-c2noc(-c3cc(C)nc(N(CC)CC)c3)n2)cc(C)c1OC[C@H](O)CC(O)C(N)=O. The van der Waals surface area contributed by atoms with E-state index in [1.165, 1.54) is 0 Å². The summed E-state index contributed by atoms with van der Waals surface area (Å²) in [6.07, 6.45) is -1.98. The molecule has 0 radical (unpaired) electrons. The monoisotopic (exact) mass is 497 g/mol. The number of carbonyl (C=O) groups is 1. The number of carbonyl (C=O) groups excluding carboxylic acids is 1. The van der Waals surface area contributed by atoms with Crippen molar-refractivity contribution in [3.63, 3.8) is 0 Å². The van der Waals surface area contributed by atoms with E-state index in [1.54, 1.807) is 0 Å². The normalized spacial score (nSPS) is 12.9. The van der Waals surface area contributed by atoms with Crippen LogP contribution >= 0.6 is 0 Å². The Morgan fingerprint density at radius 2 is 1.81 bits per heavy atom. The van der Waals surface area contributed by atoms with Crippen LogP contribution in [-0.2, 0) is 11.2 Å². The predicted molar refractivity (Wildman–Crippen MR) is 137 cm³/mol. The van der Waals surface area contributed by atoms with Crippen molar-refractivity contribution >= 4 is 11.7 Å². The van der Waals surface area contributed by atoms with Gasteiger partial charge < -0.3 is 30.1 Å². The first-order valence-electron chi connectivity index (χ1n) is 12.2. The molecule has 2 atom stereocenters. The van der Waals surface area contributed by atoms with Crippen LogP contribution in [0.15, 0.2) is 28.8 Å². The molecule has 0 spiro atoms. The summed E-state index contributed by atoms with van der Waals surface area (Å²) in [7, 11) is 0. The lowest BCUT2D eigenvalue weighted by molar-refractivity contribution is -0.127. The van der Waals surface area contributed by atoms with E-state index in [0.717, 1.165) is 46.9 Å². The van der Waals surface area contributed by atoms with Crippen molar-refractivity contribution in [3.05, 3.63) is 41.1 Å². The van der Waals surface area contributed by atoms with Crippen molar-refractivity contribution in [1.29, 1.82) is 0 Å². The number of aliphatic hydroxyl groups is 2. The van der Waals surface area contributed by atoms with Crippen LogP contribution in [0.2, 0.25) is 0 Å². The van der Waals surface area contributed by atoms with Gasteiger partial charge >= 0.3 is 0 Å². The first-order valence-corrected chi connectivity index (χ1v) is 12.2. The maximum Gasteiger partial charge on any atom is 0.258 e. The zero-order valence-electron chi connectivity index (χ0n) is 21.5. The van der Waals surface area contributed by atoms with E-state index in [0.29, 0.717) is 23.9 Å². The molecule has 36 heavy (non-hydrogen) atoms. The number of nitrogens with two attached hydrogens (primary N) is 1. The Bertz CT molecular complexity index is 1190. The van der Waals surface area contributed by atoms with E-state index >= 15 is 0 Å². The van der Waals surface area contributed by atoms with Gasteiger partial charge in [-0.1, -0.05) is 12.1 Å². The molecule has 10 nitrogen and oxygen atoms in total. The maximum atomic E-state index is 11.0. The third kappa shape index (κ3) is 6.38. The molecule has 1 aromatic carbocycles. The van der Waals surface area contributed by atoms with Crippen LogP contribution in [0.5, 0.6) is 5.75 Å². The van der Waals surface area contributed by atoms with Gasteiger partial charge in [-0.05, 0) is 69.5 Å². The zero-order valence-corrected chi connectivity index (χ0v) is 21.5. The Kier molecular flexibility index (Phi) is 9.00. The fraction of sp³-hybridized carbons (Fsp3) is 0.462. The highest BCUT2D eigenvalue weighted by Crippen LogP contribution is 2.32. The number of hydrogen-bond acceptors (Lipinski definition) is 9. The Morgan fingerprint density at radius 3 is 2.44 bits per heavy atom. The van der Waals surface area contributed by atoms with E-state index in [9.17, 15) is 15.0 Å². The van der Waals surface area contributed by atoms with E-state index in [4.69, 9.17) is 15.0 Å². The lowest BCUT2D eigenvalue weighted by Crippen LogP contribution is -2.33. The standard InChI is InChI=1S/C26H35N5O5/c1-6-17-11-18(9-15(4)23(17)35-14-20(32)13-21(33)24(27)34)25-29-26(36-30-25)19-10-16(5)28-22(12-19)31(7-2)8-3/h9-12,20-21,32-33H,6-8,13-14H2,1-5H3,(H2,27,34)/t20-,21?/m1/s1. The van der Waals surface area contributed by atoms with Gasteiger partial charge in [0.25, 0.3) is 5.89 Å². The Morgan fingerprint density at radius 1 is 1.08 bits per heavy atom. The third-order valence-corrected chi connectivity index (χ3v) is 5.93. The molecule has 2 aromatic heterocycles. The second-order valence-corrected chi connectivity index (χ2v) is 8.70. The average Bonchev–Trinajstić information content (AvgIpc) is 3.33. The highest BCUT2D eigenvalue weighted by Gasteiger charge is 2.20. The van der Waals surface area contributed by atoms with Gasteiger partial charge in [-0.2, -0.15) is 4.98 Å². The van der Waals surface area contributed by atoms with Gasteiger partial charge in [-0.3, -0.25) is 4.79 Å². The predicted octanol–water partition coefficient (Wildman–Crippen LogP) is 2.80. The van der Waals surface area contributed by atoms with E-state index in [1.807, 2.05) is 45.0 Å². The minimum absolute atomic E-state index is 0.0832. The maximum absolute atomic E-state index is 11.0. The molecule has 3 rings (SSSR count). The smallest absolute Gasteiger partial charge is 0.258 e. The van der Waals surface area contributed by atoms with Gasteiger partial charge in [0.2, 0.25) is 11.7 Å². The van der Waals surface area contributed by atoms with Crippen LogP contribution in [0, 0.1) is 13.8 Å². The van der Waals surface area contributed by atoms with Crippen molar-refractivity contribution in [2.45, 2.75) is 59.7 Å². The fourth-order valence-corrected chi connectivity index (χ4v) is 4.01. The first-order chi connectivity index (χ1) is 17.2. The van der Waals surface area contributed by atoms with Gasteiger partial charge in [-0.15, -0.1) is 0 Å². The van der Waals surface area contributed by atoms with Crippen molar-refractivity contribution in [1.82, 2.24) is 15.1 Å². The van der Waals surface area contributed by atoms with E-state index < -0.39 is 18.1 Å². The van der Waals surface area contributed by atoms with Gasteiger partial charge in [-0.25, -0.2) is 4.98 Å². The van der Waals surface area contributed by atoms with E-state index in [2.05, 4.69) is 33.9 Å². The summed E-state index contributed by atoms with van der Waals surface area (Å²) in [6.45, 7) is 11.6. The van der Waals surface area contributed by atoms with Crippen molar-refractivity contribution in [3.8, 4) is 28.6 Å². The molecular weight excluding hydrogens is 462 g/mol. The van der Waals surface area contributed by atoms with Gasteiger partial charge in [0.1, 0.15) is 24.3 Å². The summed E-state index contributed by atoms with van der Waals surface area (Å²) in [6, 6.07) is 7.70. The lowest BCUT2D eigenvalue weighted by Gasteiger charge is -2.20. The minimum Gasteiger partial charge on any atom is -0.490 e. The number of benzene rings is 1. The highest BCUT2D eigenvalue weighted by atomic mass is 16.5. The summed E-state index contributed by atoms with van der Waals surface area (Å²) < 4.78 is 11.5. The molecule has 0 fully saturated rings. The quantitative estimate of drug-likeness (QED) is 0.343. The molecule has 0 aliphatic carbocycles. The molecule has 0 bridgehead atoms. The number of amides is 1. The molecule has 1 unspecified atom stereocenters. The Hall–Kier alpha value is -3.50. The number of primary amides is 1. The van der Waals surface area contributed by atoms with Crippen LogP contribution in [0.1, 0.15) is 44.0 Å². The van der Waals surface area contributed by atoms with Crippen molar-refractivity contribution < 1.29 is 24.3 Å². The zero-order chi connectivity index (χ0) is 26.4. The van der Waals surface area contributed by atoms with Crippen molar-refractivity contribution in [2.24, 2.45) is 5.73 Å². The second kappa shape index (κ2) is 12.0. The Labute approximate surface area is 211 Å².